The minimum Gasteiger partial charge on any atom is -0.423 e. The SMILES string of the molecule is OB(O)c1ccnc2cccc(F)c12. The van der Waals surface area contributed by atoms with Gasteiger partial charge in [0.05, 0.1) is 5.52 Å². The van der Waals surface area contributed by atoms with Crippen LogP contribution in [0.3, 0.4) is 0 Å². The van der Waals surface area contributed by atoms with E-state index in [2.05, 4.69) is 4.98 Å². The fourth-order valence-corrected chi connectivity index (χ4v) is 1.40. The second-order valence-electron chi connectivity index (χ2n) is 2.91. The van der Waals surface area contributed by atoms with E-state index in [1.807, 2.05) is 0 Å². The maximum atomic E-state index is 13.3. The Morgan fingerprint density at radius 3 is 2.71 bits per heavy atom. The van der Waals surface area contributed by atoms with E-state index in [4.69, 9.17) is 10.0 Å². The molecule has 0 amide bonds. The van der Waals surface area contributed by atoms with E-state index in [0.29, 0.717) is 5.52 Å². The Morgan fingerprint density at radius 2 is 2.00 bits per heavy atom. The molecule has 2 N–H and O–H groups in total. The monoisotopic (exact) mass is 191 g/mol. The fraction of sp³-hybridized carbons (Fsp3) is 0. The van der Waals surface area contributed by atoms with E-state index in [0.717, 1.165) is 0 Å². The number of aromatic nitrogens is 1. The summed E-state index contributed by atoms with van der Waals surface area (Å²) in [6.45, 7) is 0. The van der Waals surface area contributed by atoms with E-state index in [9.17, 15) is 4.39 Å². The minimum atomic E-state index is -1.68. The summed E-state index contributed by atoms with van der Waals surface area (Å²) in [6.07, 6.45) is 1.41. The smallest absolute Gasteiger partial charge is 0.423 e. The molecule has 14 heavy (non-hydrogen) atoms. The van der Waals surface area contributed by atoms with Crippen LogP contribution in [0.1, 0.15) is 0 Å². The maximum absolute atomic E-state index is 13.3. The van der Waals surface area contributed by atoms with Crippen molar-refractivity contribution in [2.24, 2.45) is 0 Å². The van der Waals surface area contributed by atoms with Gasteiger partial charge >= 0.3 is 7.12 Å². The van der Waals surface area contributed by atoms with Crippen LogP contribution in [0.15, 0.2) is 30.5 Å². The van der Waals surface area contributed by atoms with Crippen molar-refractivity contribution in [3.63, 3.8) is 0 Å². The summed E-state index contributed by atoms with van der Waals surface area (Å²) in [7, 11) is -1.68. The van der Waals surface area contributed by atoms with Crippen LogP contribution in [0.2, 0.25) is 0 Å². The fourth-order valence-electron chi connectivity index (χ4n) is 1.40. The van der Waals surface area contributed by atoms with Crippen LogP contribution >= 0.6 is 0 Å². The summed E-state index contributed by atoms with van der Waals surface area (Å²) in [5.74, 6) is -0.501. The summed E-state index contributed by atoms with van der Waals surface area (Å²) in [5.41, 5.74) is 0.545. The summed E-state index contributed by atoms with van der Waals surface area (Å²) in [5, 5.41) is 18.2. The maximum Gasteiger partial charge on any atom is 0.489 e. The van der Waals surface area contributed by atoms with Gasteiger partial charge in [-0.25, -0.2) is 4.39 Å². The van der Waals surface area contributed by atoms with Gasteiger partial charge in [0.25, 0.3) is 0 Å². The van der Waals surface area contributed by atoms with Gasteiger partial charge in [-0.05, 0) is 23.7 Å². The highest BCUT2D eigenvalue weighted by molar-refractivity contribution is 6.61. The molecule has 0 bridgehead atoms. The Hall–Kier alpha value is -1.46. The highest BCUT2D eigenvalue weighted by Gasteiger charge is 2.17. The van der Waals surface area contributed by atoms with Crippen LogP contribution in [0, 0.1) is 5.82 Å². The largest absolute Gasteiger partial charge is 0.489 e. The number of hydrogen-bond donors (Lipinski definition) is 2. The van der Waals surface area contributed by atoms with Crippen LogP contribution in [0.5, 0.6) is 0 Å². The molecule has 5 heteroatoms. The molecule has 0 aliphatic carbocycles. The predicted octanol–water partition coefficient (Wildman–Crippen LogP) is 0.0537. The summed E-state index contributed by atoms with van der Waals surface area (Å²) < 4.78 is 13.3. The molecular weight excluding hydrogens is 184 g/mol. The molecule has 3 nitrogen and oxygen atoms in total. The molecule has 0 radical (unpaired) electrons. The van der Waals surface area contributed by atoms with Crippen LogP contribution in [0.25, 0.3) is 10.9 Å². The van der Waals surface area contributed by atoms with Gasteiger partial charge in [0.2, 0.25) is 0 Å². The molecule has 1 aromatic heterocycles. The number of pyridine rings is 1. The van der Waals surface area contributed by atoms with Gasteiger partial charge in [0.1, 0.15) is 5.82 Å². The number of benzene rings is 1. The molecule has 0 fully saturated rings. The van der Waals surface area contributed by atoms with Gasteiger partial charge in [-0.3, -0.25) is 4.98 Å². The van der Waals surface area contributed by atoms with Gasteiger partial charge in [-0.2, -0.15) is 0 Å². The first-order chi connectivity index (χ1) is 6.70. The second-order valence-corrected chi connectivity index (χ2v) is 2.91. The Kier molecular flexibility index (Phi) is 2.19. The standard InChI is InChI=1S/C9H7BFNO2/c11-7-2-1-3-8-9(7)6(10(13)14)4-5-12-8/h1-5,13-14H. The lowest BCUT2D eigenvalue weighted by Gasteiger charge is -2.04. The lowest BCUT2D eigenvalue weighted by molar-refractivity contribution is 0.426. The van der Waals surface area contributed by atoms with Crippen LogP contribution in [-0.2, 0) is 0 Å². The molecule has 0 aliphatic heterocycles. The van der Waals surface area contributed by atoms with Crippen molar-refractivity contribution in [1.82, 2.24) is 4.98 Å². The second kappa shape index (κ2) is 3.36. The number of nitrogens with zero attached hydrogens (tertiary/aromatic N) is 1. The normalized spacial score (nSPS) is 10.5. The molecule has 2 rings (SSSR count). The molecule has 1 aromatic carbocycles. The van der Waals surface area contributed by atoms with Gasteiger partial charge in [-0.1, -0.05) is 6.07 Å². The topological polar surface area (TPSA) is 53.4 Å². The van der Waals surface area contributed by atoms with E-state index in [-0.39, 0.29) is 10.8 Å². The number of fused-ring (bicyclic) bond motifs is 1. The molecule has 0 saturated heterocycles. The van der Waals surface area contributed by atoms with Gasteiger partial charge in [0.15, 0.2) is 0 Å². The average Bonchev–Trinajstić information content (AvgIpc) is 2.17. The highest BCUT2D eigenvalue weighted by Crippen LogP contribution is 2.12. The average molecular weight is 191 g/mol. The van der Waals surface area contributed by atoms with Crippen molar-refractivity contribution >= 4 is 23.5 Å². The zero-order valence-corrected chi connectivity index (χ0v) is 7.18. The van der Waals surface area contributed by atoms with Crippen molar-refractivity contribution in [2.45, 2.75) is 0 Å². The van der Waals surface area contributed by atoms with Crippen molar-refractivity contribution in [3.8, 4) is 0 Å². The summed E-state index contributed by atoms with van der Waals surface area (Å²) >= 11 is 0. The van der Waals surface area contributed by atoms with E-state index in [1.165, 1.54) is 24.4 Å². The summed E-state index contributed by atoms with van der Waals surface area (Å²) in [6, 6.07) is 5.79. The molecular formula is C9H7BFNO2. The van der Waals surface area contributed by atoms with Crippen molar-refractivity contribution in [1.29, 1.82) is 0 Å². The summed E-state index contributed by atoms with van der Waals surface area (Å²) in [4.78, 5) is 3.92. The molecule has 0 atom stereocenters. The van der Waals surface area contributed by atoms with Crippen molar-refractivity contribution < 1.29 is 14.4 Å². The Bertz CT molecular complexity index is 470. The van der Waals surface area contributed by atoms with E-state index >= 15 is 0 Å². The zero-order chi connectivity index (χ0) is 10.1. The molecule has 0 saturated carbocycles. The first kappa shape index (κ1) is 9.11. The highest BCUT2D eigenvalue weighted by atomic mass is 19.1. The minimum absolute atomic E-state index is 0.133. The van der Waals surface area contributed by atoms with Gasteiger partial charge in [-0.15, -0.1) is 0 Å². The van der Waals surface area contributed by atoms with Crippen LogP contribution < -0.4 is 5.46 Å². The Labute approximate surface area is 80.0 Å². The Balaban J connectivity index is 2.84. The predicted molar refractivity (Wildman–Crippen MR) is 51.5 cm³/mol. The number of rotatable bonds is 1. The molecule has 1 heterocycles. The zero-order valence-electron chi connectivity index (χ0n) is 7.18. The van der Waals surface area contributed by atoms with Crippen LogP contribution in [0.4, 0.5) is 4.39 Å². The third-order valence-corrected chi connectivity index (χ3v) is 2.03. The molecule has 0 spiro atoms. The van der Waals surface area contributed by atoms with Gasteiger partial charge in [0, 0.05) is 11.6 Å². The third-order valence-electron chi connectivity index (χ3n) is 2.03. The van der Waals surface area contributed by atoms with Crippen molar-refractivity contribution in [2.75, 3.05) is 0 Å². The number of halogens is 1. The first-order valence-corrected chi connectivity index (χ1v) is 4.09. The quantitative estimate of drug-likeness (QED) is 0.626. The van der Waals surface area contributed by atoms with Crippen molar-refractivity contribution in [3.05, 3.63) is 36.3 Å². The van der Waals surface area contributed by atoms with E-state index < -0.39 is 12.9 Å². The lowest BCUT2D eigenvalue weighted by atomic mass is 9.78. The molecule has 2 aromatic rings. The molecule has 0 unspecified atom stereocenters. The van der Waals surface area contributed by atoms with Crippen LogP contribution in [-0.4, -0.2) is 22.2 Å². The van der Waals surface area contributed by atoms with E-state index in [1.54, 1.807) is 6.07 Å². The molecule has 0 aliphatic rings. The third kappa shape index (κ3) is 1.36. The Morgan fingerprint density at radius 1 is 1.21 bits per heavy atom. The van der Waals surface area contributed by atoms with Gasteiger partial charge < -0.3 is 10.0 Å². The lowest BCUT2D eigenvalue weighted by Crippen LogP contribution is -2.31. The number of hydrogen-bond acceptors (Lipinski definition) is 3. The first-order valence-electron chi connectivity index (χ1n) is 4.09. The molecule has 70 valence electrons.